The lowest BCUT2D eigenvalue weighted by molar-refractivity contribution is 0.260. The Morgan fingerprint density at radius 3 is 2.65 bits per heavy atom. The Labute approximate surface area is 103 Å². The van der Waals surface area contributed by atoms with Crippen LogP contribution in [-0.4, -0.2) is 55.3 Å². The summed E-state index contributed by atoms with van der Waals surface area (Å²) in [5.74, 6) is 0.620. The average molecular weight is 259 g/mol. The van der Waals surface area contributed by atoms with Crippen molar-refractivity contribution in [2.45, 2.75) is 38.3 Å². The van der Waals surface area contributed by atoms with Crippen molar-refractivity contribution in [2.24, 2.45) is 5.92 Å². The quantitative estimate of drug-likeness (QED) is 0.760. The minimum Gasteiger partial charge on any atom is -0.312 e. The first-order chi connectivity index (χ1) is 8.07. The van der Waals surface area contributed by atoms with Gasteiger partial charge in [0.05, 0.1) is 0 Å². The van der Waals surface area contributed by atoms with Crippen molar-refractivity contribution in [3.63, 3.8) is 0 Å². The van der Waals surface area contributed by atoms with Gasteiger partial charge in [-0.3, -0.25) is 0 Å². The van der Waals surface area contributed by atoms with Gasteiger partial charge in [0.1, 0.15) is 0 Å². The molecule has 2 heterocycles. The van der Waals surface area contributed by atoms with Gasteiger partial charge in [0, 0.05) is 38.3 Å². The minimum atomic E-state index is -3.20. The number of nitrogens with one attached hydrogen (secondary N) is 1. The molecule has 3 atom stereocenters. The summed E-state index contributed by atoms with van der Waals surface area (Å²) in [6, 6.07) is 0.550. The van der Waals surface area contributed by atoms with Gasteiger partial charge in [-0.05, 0) is 32.1 Å². The summed E-state index contributed by atoms with van der Waals surface area (Å²) in [6.45, 7) is 4.78. The van der Waals surface area contributed by atoms with E-state index >= 15 is 0 Å². The number of hydrogen-bond acceptors (Lipinski definition) is 3. The van der Waals surface area contributed by atoms with Crippen LogP contribution in [0, 0.1) is 5.92 Å². The zero-order valence-electron chi connectivity index (χ0n) is 10.3. The van der Waals surface area contributed by atoms with E-state index in [2.05, 4.69) is 5.32 Å². The Hall–Kier alpha value is -0.170. The Morgan fingerprint density at radius 1 is 1.24 bits per heavy atom. The summed E-state index contributed by atoms with van der Waals surface area (Å²) >= 11 is 0. The molecule has 5 nitrogen and oxygen atoms in total. The number of fused-ring (bicyclic) bond motifs is 2. The van der Waals surface area contributed by atoms with E-state index in [1.54, 1.807) is 8.61 Å². The molecule has 2 saturated heterocycles. The molecular formula is C11H21N3O2S. The lowest BCUT2D eigenvalue weighted by Crippen LogP contribution is -2.56. The smallest absolute Gasteiger partial charge is 0.282 e. The van der Waals surface area contributed by atoms with Gasteiger partial charge in [-0.25, -0.2) is 0 Å². The van der Waals surface area contributed by atoms with E-state index in [-0.39, 0.29) is 12.1 Å². The molecule has 0 aromatic carbocycles. The summed E-state index contributed by atoms with van der Waals surface area (Å²) in [4.78, 5) is 0. The predicted molar refractivity (Wildman–Crippen MR) is 65.8 cm³/mol. The molecule has 0 aromatic rings. The highest BCUT2D eigenvalue weighted by atomic mass is 32.2. The van der Waals surface area contributed by atoms with E-state index in [1.165, 1.54) is 6.42 Å². The second-order valence-corrected chi connectivity index (χ2v) is 7.50. The van der Waals surface area contributed by atoms with Crippen LogP contribution in [0.25, 0.3) is 0 Å². The molecule has 6 heteroatoms. The van der Waals surface area contributed by atoms with Gasteiger partial charge >= 0.3 is 0 Å². The average Bonchev–Trinajstić information content (AvgIpc) is 2.91. The number of hydrogen-bond donors (Lipinski definition) is 1. The number of piperazine rings is 1. The van der Waals surface area contributed by atoms with Crippen LogP contribution in [0.1, 0.15) is 26.2 Å². The van der Waals surface area contributed by atoms with Crippen LogP contribution in [-0.2, 0) is 10.2 Å². The molecule has 2 bridgehead atoms. The van der Waals surface area contributed by atoms with E-state index < -0.39 is 10.2 Å². The molecule has 98 valence electrons. The maximum atomic E-state index is 12.5. The highest BCUT2D eigenvalue weighted by molar-refractivity contribution is 7.86. The molecule has 3 unspecified atom stereocenters. The summed E-state index contributed by atoms with van der Waals surface area (Å²) in [7, 11) is -3.20. The normalized spacial score (nSPS) is 39.9. The van der Waals surface area contributed by atoms with Gasteiger partial charge in [0.2, 0.25) is 0 Å². The van der Waals surface area contributed by atoms with Gasteiger partial charge in [0.15, 0.2) is 0 Å². The summed E-state index contributed by atoms with van der Waals surface area (Å²) in [5, 5.41) is 3.28. The summed E-state index contributed by atoms with van der Waals surface area (Å²) in [6.07, 6.45) is 3.36. The van der Waals surface area contributed by atoms with Crippen LogP contribution >= 0.6 is 0 Å². The van der Waals surface area contributed by atoms with Crippen molar-refractivity contribution in [1.82, 2.24) is 13.9 Å². The van der Waals surface area contributed by atoms with E-state index in [0.717, 1.165) is 25.9 Å². The van der Waals surface area contributed by atoms with Crippen LogP contribution < -0.4 is 5.32 Å². The monoisotopic (exact) mass is 259 g/mol. The van der Waals surface area contributed by atoms with Crippen LogP contribution in [0.5, 0.6) is 0 Å². The van der Waals surface area contributed by atoms with Gasteiger partial charge in [-0.15, -0.1) is 0 Å². The maximum Gasteiger partial charge on any atom is 0.282 e. The molecule has 0 aromatic heterocycles. The topological polar surface area (TPSA) is 52.7 Å². The fourth-order valence-corrected chi connectivity index (χ4v) is 5.41. The molecule has 1 N–H and O–H groups in total. The van der Waals surface area contributed by atoms with Crippen LogP contribution in [0.15, 0.2) is 0 Å². The second-order valence-electron chi connectivity index (χ2n) is 5.62. The van der Waals surface area contributed by atoms with Crippen LogP contribution in [0.3, 0.4) is 0 Å². The Bertz CT molecular complexity index is 398. The third kappa shape index (κ3) is 2.01. The number of nitrogens with zero attached hydrogens (tertiary/aromatic N) is 2. The van der Waals surface area contributed by atoms with Crippen molar-refractivity contribution >= 4 is 10.2 Å². The lowest BCUT2D eigenvalue weighted by atomic mass is 10.1. The number of piperidine rings is 1. The van der Waals surface area contributed by atoms with Crippen LogP contribution in [0.4, 0.5) is 0 Å². The molecule has 3 rings (SSSR count). The van der Waals surface area contributed by atoms with Crippen molar-refractivity contribution in [1.29, 1.82) is 0 Å². The SMILES string of the molecule is CC1CN(S(=O)(=O)N2CC3CCC2C3)CCN1. The zero-order valence-corrected chi connectivity index (χ0v) is 11.1. The summed E-state index contributed by atoms with van der Waals surface area (Å²) < 4.78 is 28.5. The Balaban J connectivity index is 1.76. The molecule has 1 aliphatic carbocycles. The van der Waals surface area contributed by atoms with Gasteiger partial charge < -0.3 is 5.32 Å². The molecule has 0 radical (unpaired) electrons. The molecule has 3 fully saturated rings. The summed E-state index contributed by atoms with van der Waals surface area (Å²) in [5.41, 5.74) is 0. The van der Waals surface area contributed by atoms with E-state index in [9.17, 15) is 8.42 Å². The van der Waals surface area contributed by atoms with Gasteiger partial charge in [-0.2, -0.15) is 17.0 Å². The number of rotatable bonds is 2. The molecule has 0 spiro atoms. The van der Waals surface area contributed by atoms with Crippen molar-refractivity contribution in [2.75, 3.05) is 26.2 Å². The van der Waals surface area contributed by atoms with E-state index in [4.69, 9.17) is 0 Å². The molecule has 3 aliphatic rings. The molecule has 1 saturated carbocycles. The van der Waals surface area contributed by atoms with Crippen molar-refractivity contribution < 1.29 is 8.42 Å². The Kier molecular flexibility index (Phi) is 2.93. The second kappa shape index (κ2) is 4.19. The molecule has 2 aliphatic heterocycles. The lowest BCUT2D eigenvalue weighted by Gasteiger charge is -2.36. The first kappa shape index (κ1) is 11.9. The maximum absolute atomic E-state index is 12.5. The van der Waals surface area contributed by atoms with Gasteiger partial charge in [-0.1, -0.05) is 0 Å². The van der Waals surface area contributed by atoms with Crippen molar-refractivity contribution in [3.8, 4) is 0 Å². The van der Waals surface area contributed by atoms with E-state index in [0.29, 0.717) is 19.0 Å². The highest BCUT2D eigenvalue weighted by Gasteiger charge is 2.46. The third-order valence-electron chi connectivity index (χ3n) is 4.31. The fraction of sp³-hybridized carbons (Fsp3) is 1.00. The highest BCUT2D eigenvalue weighted by Crippen LogP contribution is 2.39. The van der Waals surface area contributed by atoms with E-state index in [1.807, 2.05) is 6.92 Å². The van der Waals surface area contributed by atoms with Crippen LogP contribution in [0.2, 0.25) is 0 Å². The third-order valence-corrected chi connectivity index (χ3v) is 6.34. The molecular weight excluding hydrogens is 238 g/mol. The molecule has 17 heavy (non-hydrogen) atoms. The standard InChI is InChI=1S/C11H21N3O2S/c1-9-7-13(5-4-12-9)17(15,16)14-8-10-2-3-11(14)6-10/h9-12H,2-8H2,1H3. The Morgan fingerprint density at radius 2 is 2.06 bits per heavy atom. The van der Waals surface area contributed by atoms with Gasteiger partial charge in [0.25, 0.3) is 10.2 Å². The predicted octanol–water partition coefficient (Wildman–Crippen LogP) is 0.00920. The first-order valence-electron chi connectivity index (χ1n) is 6.57. The van der Waals surface area contributed by atoms with Crippen molar-refractivity contribution in [3.05, 3.63) is 0 Å². The minimum absolute atomic E-state index is 0.262. The largest absolute Gasteiger partial charge is 0.312 e. The first-order valence-corrected chi connectivity index (χ1v) is 7.97. The zero-order chi connectivity index (χ0) is 12.0. The fourth-order valence-electron chi connectivity index (χ4n) is 3.42. The molecule has 0 amide bonds.